The summed E-state index contributed by atoms with van der Waals surface area (Å²) in [6.45, 7) is 2.63. The van der Waals surface area contributed by atoms with Crippen LogP contribution in [0.2, 0.25) is 0 Å². The smallest absolute Gasteiger partial charge is 0.129 e. The van der Waals surface area contributed by atoms with Crippen LogP contribution in [0.15, 0.2) is 35.8 Å². The molecule has 0 atom stereocenters. The number of aromatic nitrogens is 3. The lowest BCUT2D eigenvalue weighted by molar-refractivity contribution is 0.340. The van der Waals surface area contributed by atoms with Crippen LogP contribution in [0.5, 0.6) is 5.75 Å². The number of benzene rings is 1. The predicted octanol–water partition coefficient (Wildman–Crippen LogP) is 3.18. The van der Waals surface area contributed by atoms with E-state index in [9.17, 15) is 0 Å². The van der Waals surface area contributed by atoms with Gasteiger partial charge in [-0.25, -0.2) is 4.98 Å². The van der Waals surface area contributed by atoms with Gasteiger partial charge in [0.25, 0.3) is 0 Å². The van der Waals surface area contributed by atoms with E-state index in [1.807, 2.05) is 36.6 Å². The van der Waals surface area contributed by atoms with Crippen molar-refractivity contribution in [3.8, 4) is 27.6 Å². The Labute approximate surface area is 120 Å². The van der Waals surface area contributed by atoms with Gasteiger partial charge in [0.05, 0.1) is 24.1 Å². The number of rotatable bonds is 4. The van der Waals surface area contributed by atoms with Gasteiger partial charge in [-0.15, -0.1) is 11.3 Å². The molecule has 0 saturated carbocycles. The number of hydrogen-bond acceptors (Lipinski definition) is 5. The Hall–Kier alpha value is -2.34. The Bertz CT molecular complexity index is 702. The number of thiazole rings is 1. The molecule has 0 fully saturated rings. The van der Waals surface area contributed by atoms with Crippen molar-refractivity contribution in [2.24, 2.45) is 0 Å². The Morgan fingerprint density at radius 1 is 1.30 bits per heavy atom. The zero-order valence-electron chi connectivity index (χ0n) is 11.0. The summed E-state index contributed by atoms with van der Waals surface area (Å²) in [4.78, 5) is 4.60. The highest BCUT2D eigenvalue weighted by molar-refractivity contribution is 7.13. The highest BCUT2D eigenvalue weighted by Gasteiger charge is 2.10. The topological polar surface area (TPSA) is 76.8 Å². The van der Waals surface area contributed by atoms with Crippen molar-refractivity contribution in [2.45, 2.75) is 6.92 Å². The minimum atomic E-state index is 0.539. The average molecular weight is 286 g/mol. The molecular weight excluding hydrogens is 272 g/mol. The molecule has 0 radical (unpaired) electrons. The molecule has 0 amide bonds. The fraction of sp³-hybridized carbons (Fsp3) is 0.143. The molecule has 2 heterocycles. The first-order chi connectivity index (χ1) is 9.78. The molecule has 102 valence electrons. The Kier molecular flexibility index (Phi) is 3.39. The Morgan fingerprint density at radius 3 is 2.75 bits per heavy atom. The van der Waals surface area contributed by atoms with E-state index in [2.05, 4.69) is 15.2 Å². The van der Waals surface area contributed by atoms with E-state index >= 15 is 0 Å². The second-order valence-electron chi connectivity index (χ2n) is 4.19. The maximum Gasteiger partial charge on any atom is 0.129 e. The number of nitrogens with two attached hydrogens (primary N) is 1. The fourth-order valence-corrected chi connectivity index (χ4v) is 2.74. The van der Waals surface area contributed by atoms with Crippen LogP contribution in [-0.4, -0.2) is 21.8 Å². The molecule has 3 N–H and O–H groups in total. The molecule has 3 rings (SSSR count). The molecule has 20 heavy (non-hydrogen) atoms. The number of anilines is 1. The second-order valence-corrected chi connectivity index (χ2v) is 5.05. The Balaban J connectivity index is 1.88. The zero-order chi connectivity index (χ0) is 13.9. The maximum absolute atomic E-state index is 5.81. The number of nitrogen functional groups attached to an aromatic ring is 1. The minimum absolute atomic E-state index is 0.539. The van der Waals surface area contributed by atoms with Gasteiger partial charge in [-0.3, -0.25) is 5.10 Å². The summed E-state index contributed by atoms with van der Waals surface area (Å²) in [5.74, 6) is 1.41. The molecule has 2 aromatic heterocycles. The van der Waals surface area contributed by atoms with Crippen LogP contribution in [-0.2, 0) is 0 Å². The van der Waals surface area contributed by atoms with Gasteiger partial charge in [-0.1, -0.05) is 0 Å². The lowest BCUT2D eigenvalue weighted by atomic mass is 10.2. The summed E-state index contributed by atoms with van der Waals surface area (Å²) < 4.78 is 5.43. The molecule has 6 heteroatoms. The van der Waals surface area contributed by atoms with Gasteiger partial charge in [0.2, 0.25) is 0 Å². The molecule has 1 aromatic carbocycles. The van der Waals surface area contributed by atoms with Crippen LogP contribution in [0.4, 0.5) is 5.82 Å². The molecule has 5 nitrogen and oxygen atoms in total. The van der Waals surface area contributed by atoms with Crippen LogP contribution in [0.1, 0.15) is 6.92 Å². The molecule has 0 bridgehead atoms. The predicted molar refractivity (Wildman–Crippen MR) is 80.7 cm³/mol. The van der Waals surface area contributed by atoms with Crippen LogP contribution in [0.3, 0.4) is 0 Å². The first-order valence-electron chi connectivity index (χ1n) is 6.26. The molecule has 0 spiro atoms. The molecule has 3 aromatic rings. The van der Waals surface area contributed by atoms with Gasteiger partial charge < -0.3 is 10.5 Å². The highest BCUT2D eigenvalue weighted by Crippen LogP contribution is 2.31. The second kappa shape index (κ2) is 5.34. The van der Waals surface area contributed by atoms with Gasteiger partial charge in [-0.05, 0) is 31.2 Å². The summed E-state index contributed by atoms with van der Waals surface area (Å²) in [6, 6.07) is 7.90. The van der Waals surface area contributed by atoms with Crippen LogP contribution in [0, 0.1) is 0 Å². The zero-order valence-corrected chi connectivity index (χ0v) is 11.8. The third-order valence-electron chi connectivity index (χ3n) is 2.86. The van der Waals surface area contributed by atoms with Gasteiger partial charge in [0.1, 0.15) is 16.6 Å². The van der Waals surface area contributed by atoms with Crippen molar-refractivity contribution in [1.29, 1.82) is 0 Å². The number of hydrogen-bond donors (Lipinski definition) is 2. The average Bonchev–Trinajstić information content (AvgIpc) is 3.08. The number of nitrogens with one attached hydrogen (secondary N) is 1. The van der Waals surface area contributed by atoms with Crippen LogP contribution >= 0.6 is 11.3 Å². The SMILES string of the molecule is CCOc1ccc(-c2csc(-c3cn[nH]c3N)n2)cc1. The van der Waals surface area contributed by atoms with Gasteiger partial charge >= 0.3 is 0 Å². The summed E-state index contributed by atoms with van der Waals surface area (Å²) in [5.41, 5.74) is 8.62. The van der Waals surface area contributed by atoms with Crippen molar-refractivity contribution in [3.63, 3.8) is 0 Å². The standard InChI is InChI=1S/C14H14N4OS/c1-2-19-10-5-3-9(4-6-10)12-8-20-14(17-12)11-7-16-18-13(11)15/h3-8H,2H2,1H3,(H3,15,16,18). The summed E-state index contributed by atoms with van der Waals surface area (Å²) in [7, 11) is 0. The van der Waals surface area contributed by atoms with E-state index in [0.29, 0.717) is 12.4 Å². The number of H-pyrrole nitrogens is 1. The largest absolute Gasteiger partial charge is 0.494 e. The van der Waals surface area contributed by atoms with E-state index in [0.717, 1.165) is 27.6 Å². The lowest BCUT2D eigenvalue weighted by Crippen LogP contribution is -1.90. The number of ether oxygens (including phenoxy) is 1. The van der Waals surface area contributed by atoms with Crippen LogP contribution < -0.4 is 10.5 Å². The van der Waals surface area contributed by atoms with Gasteiger partial charge in [0, 0.05) is 10.9 Å². The summed E-state index contributed by atoms with van der Waals surface area (Å²) in [5, 5.41) is 9.50. The van der Waals surface area contributed by atoms with E-state index in [-0.39, 0.29) is 0 Å². The van der Waals surface area contributed by atoms with Crippen molar-refractivity contribution >= 4 is 17.2 Å². The molecule has 0 saturated heterocycles. The summed E-state index contributed by atoms with van der Waals surface area (Å²) >= 11 is 1.55. The third-order valence-corrected chi connectivity index (χ3v) is 3.74. The first-order valence-corrected chi connectivity index (χ1v) is 7.14. The maximum atomic E-state index is 5.81. The van der Waals surface area contributed by atoms with Crippen molar-refractivity contribution in [1.82, 2.24) is 15.2 Å². The monoisotopic (exact) mass is 286 g/mol. The quantitative estimate of drug-likeness (QED) is 0.772. The normalized spacial score (nSPS) is 10.7. The van der Waals surface area contributed by atoms with Gasteiger partial charge in [-0.2, -0.15) is 5.10 Å². The molecule has 0 aliphatic heterocycles. The summed E-state index contributed by atoms with van der Waals surface area (Å²) in [6.07, 6.45) is 1.69. The molecule has 0 unspecified atom stereocenters. The number of aromatic amines is 1. The fourth-order valence-electron chi connectivity index (χ4n) is 1.89. The van der Waals surface area contributed by atoms with Crippen molar-refractivity contribution < 1.29 is 4.74 Å². The van der Waals surface area contributed by atoms with E-state index < -0.39 is 0 Å². The van der Waals surface area contributed by atoms with Crippen LogP contribution in [0.25, 0.3) is 21.8 Å². The Morgan fingerprint density at radius 2 is 2.10 bits per heavy atom. The molecular formula is C14H14N4OS. The van der Waals surface area contributed by atoms with Crippen molar-refractivity contribution in [2.75, 3.05) is 12.3 Å². The van der Waals surface area contributed by atoms with E-state index in [4.69, 9.17) is 10.5 Å². The highest BCUT2D eigenvalue weighted by atomic mass is 32.1. The first kappa shape index (κ1) is 12.7. The minimum Gasteiger partial charge on any atom is -0.494 e. The van der Waals surface area contributed by atoms with E-state index in [1.165, 1.54) is 0 Å². The van der Waals surface area contributed by atoms with E-state index in [1.54, 1.807) is 17.5 Å². The lowest BCUT2D eigenvalue weighted by Gasteiger charge is -2.03. The third kappa shape index (κ3) is 2.37. The number of nitrogens with zero attached hydrogens (tertiary/aromatic N) is 2. The van der Waals surface area contributed by atoms with Crippen molar-refractivity contribution in [3.05, 3.63) is 35.8 Å². The van der Waals surface area contributed by atoms with Gasteiger partial charge in [0.15, 0.2) is 0 Å². The molecule has 0 aliphatic rings. The molecule has 0 aliphatic carbocycles.